The minimum atomic E-state index is -4.17. The van der Waals surface area contributed by atoms with Crippen molar-refractivity contribution in [3.63, 3.8) is 0 Å². The highest BCUT2D eigenvalue weighted by Crippen LogP contribution is 2.37. The maximum Gasteiger partial charge on any atom is 0.391 e. The number of aromatic nitrogens is 1. The Balaban J connectivity index is 1.76. The van der Waals surface area contributed by atoms with Crippen molar-refractivity contribution < 1.29 is 18.0 Å². The number of nitrogens with zero attached hydrogens (tertiary/aromatic N) is 1. The van der Waals surface area contributed by atoms with Crippen LogP contribution in [0.5, 0.6) is 0 Å². The van der Waals surface area contributed by atoms with Gasteiger partial charge in [0.1, 0.15) is 5.01 Å². The first-order chi connectivity index (χ1) is 10.4. The van der Waals surface area contributed by atoms with E-state index in [0.717, 1.165) is 16.3 Å². The Kier molecular flexibility index (Phi) is 5.66. The third kappa shape index (κ3) is 4.86. The van der Waals surface area contributed by atoms with Crippen LogP contribution in [0.1, 0.15) is 42.5 Å². The quantitative estimate of drug-likeness (QED) is 0.883. The van der Waals surface area contributed by atoms with Crippen molar-refractivity contribution in [3.8, 4) is 0 Å². The van der Waals surface area contributed by atoms with E-state index < -0.39 is 24.2 Å². The Morgan fingerprint density at radius 1 is 1.45 bits per heavy atom. The van der Waals surface area contributed by atoms with Gasteiger partial charge in [0.2, 0.25) is 0 Å². The zero-order valence-corrected chi connectivity index (χ0v) is 13.2. The number of carbonyl (C=O) groups excluding carboxylic acids is 1. The Labute approximate surface area is 131 Å². The van der Waals surface area contributed by atoms with Crippen LogP contribution in [-0.2, 0) is 13.0 Å². The number of hydrogen-bond donors (Lipinski definition) is 2. The molecular weight excluding hydrogens is 315 g/mol. The number of alkyl halides is 3. The Morgan fingerprint density at radius 2 is 2.23 bits per heavy atom. The normalized spacial score (nSPS) is 22.4. The molecule has 1 aliphatic rings. The predicted octanol–water partition coefficient (Wildman–Crippen LogP) is 3.63. The second kappa shape index (κ2) is 7.30. The fourth-order valence-corrected chi connectivity index (χ4v) is 3.41. The summed E-state index contributed by atoms with van der Waals surface area (Å²) in [6.45, 7) is 2.32. The predicted molar refractivity (Wildman–Crippen MR) is 78.7 cm³/mol. The average molecular weight is 335 g/mol. The zero-order chi connectivity index (χ0) is 16.2. The van der Waals surface area contributed by atoms with Gasteiger partial charge in [0.05, 0.1) is 12.5 Å². The molecule has 1 aliphatic carbocycles. The highest BCUT2D eigenvalue weighted by Gasteiger charge is 2.42. The maximum absolute atomic E-state index is 12.7. The molecule has 1 aromatic heterocycles. The van der Waals surface area contributed by atoms with Crippen molar-refractivity contribution in [1.29, 1.82) is 0 Å². The van der Waals surface area contributed by atoms with Gasteiger partial charge in [-0.3, -0.25) is 0 Å². The molecule has 0 saturated heterocycles. The van der Waals surface area contributed by atoms with Gasteiger partial charge in [-0.2, -0.15) is 13.2 Å². The summed E-state index contributed by atoms with van der Waals surface area (Å²) in [5.41, 5.74) is 0. The van der Waals surface area contributed by atoms with Crippen molar-refractivity contribution in [1.82, 2.24) is 15.6 Å². The van der Waals surface area contributed by atoms with Crippen LogP contribution in [0.3, 0.4) is 0 Å². The zero-order valence-electron chi connectivity index (χ0n) is 12.4. The monoisotopic (exact) mass is 335 g/mol. The van der Waals surface area contributed by atoms with Crippen molar-refractivity contribution in [2.75, 3.05) is 0 Å². The number of rotatable bonds is 4. The molecule has 0 radical (unpaired) electrons. The SMILES string of the molecule is CCc1cnc(CNC(=O)NC2CCCC(C(F)(F)F)C2)s1. The highest BCUT2D eigenvalue weighted by atomic mass is 32.1. The second-order valence-corrected chi connectivity index (χ2v) is 6.70. The topological polar surface area (TPSA) is 54.0 Å². The lowest BCUT2D eigenvalue weighted by molar-refractivity contribution is -0.183. The first-order valence-electron chi connectivity index (χ1n) is 7.43. The largest absolute Gasteiger partial charge is 0.391 e. The molecule has 4 nitrogen and oxygen atoms in total. The van der Waals surface area contributed by atoms with Gasteiger partial charge in [0, 0.05) is 17.1 Å². The molecule has 0 spiro atoms. The third-order valence-corrected chi connectivity index (χ3v) is 4.96. The summed E-state index contributed by atoms with van der Waals surface area (Å²) in [4.78, 5) is 17.1. The molecule has 2 amide bonds. The van der Waals surface area contributed by atoms with Crippen molar-refractivity contribution >= 4 is 17.4 Å². The molecular formula is C14H20F3N3OS. The van der Waals surface area contributed by atoms with Crippen LogP contribution in [0, 0.1) is 5.92 Å². The lowest BCUT2D eigenvalue weighted by Crippen LogP contribution is -2.45. The fraction of sp³-hybridized carbons (Fsp3) is 0.714. The van der Waals surface area contributed by atoms with Crippen molar-refractivity contribution in [3.05, 3.63) is 16.1 Å². The van der Waals surface area contributed by atoms with E-state index in [9.17, 15) is 18.0 Å². The van der Waals surface area contributed by atoms with Gasteiger partial charge in [0.25, 0.3) is 0 Å². The van der Waals surface area contributed by atoms with Crippen LogP contribution in [-0.4, -0.2) is 23.2 Å². The molecule has 22 heavy (non-hydrogen) atoms. The van der Waals surface area contributed by atoms with Crippen LogP contribution in [0.4, 0.5) is 18.0 Å². The maximum atomic E-state index is 12.7. The number of thiazole rings is 1. The van der Waals surface area contributed by atoms with Gasteiger partial charge >= 0.3 is 12.2 Å². The summed E-state index contributed by atoms with van der Waals surface area (Å²) >= 11 is 1.52. The van der Waals surface area contributed by atoms with E-state index in [4.69, 9.17) is 0 Å². The van der Waals surface area contributed by atoms with Crippen LogP contribution < -0.4 is 10.6 Å². The molecule has 2 rings (SSSR count). The molecule has 8 heteroatoms. The Hall–Kier alpha value is -1.31. The molecule has 0 bridgehead atoms. The van der Waals surface area contributed by atoms with E-state index in [1.165, 1.54) is 11.3 Å². The smallest absolute Gasteiger partial charge is 0.335 e. The molecule has 124 valence electrons. The van der Waals surface area contributed by atoms with Crippen LogP contribution in [0.15, 0.2) is 6.20 Å². The molecule has 2 atom stereocenters. The average Bonchev–Trinajstić information content (AvgIpc) is 2.92. The third-order valence-electron chi connectivity index (χ3n) is 3.82. The van der Waals surface area contributed by atoms with E-state index in [1.54, 1.807) is 6.20 Å². The van der Waals surface area contributed by atoms with Gasteiger partial charge < -0.3 is 10.6 Å². The second-order valence-electron chi connectivity index (χ2n) is 5.50. The molecule has 0 aliphatic heterocycles. The fourth-order valence-electron chi connectivity index (χ4n) is 2.60. The lowest BCUT2D eigenvalue weighted by atomic mass is 9.85. The Morgan fingerprint density at radius 3 is 2.86 bits per heavy atom. The molecule has 1 aromatic rings. The number of hydrogen-bond acceptors (Lipinski definition) is 3. The van der Waals surface area contributed by atoms with Gasteiger partial charge in [-0.05, 0) is 25.7 Å². The highest BCUT2D eigenvalue weighted by molar-refractivity contribution is 7.11. The van der Waals surface area contributed by atoms with E-state index in [0.29, 0.717) is 19.4 Å². The number of halogens is 3. The van der Waals surface area contributed by atoms with Crippen LogP contribution in [0.2, 0.25) is 0 Å². The number of amides is 2. The number of urea groups is 1. The number of nitrogens with one attached hydrogen (secondary N) is 2. The standard InChI is InChI=1S/C14H20F3N3OS/c1-2-11-7-18-12(22-11)8-19-13(21)20-10-5-3-4-9(6-10)14(15,16)17/h7,9-10H,2-6,8H2,1H3,(H2,19,20,21). The summed E-state index contributed by atoms with van der Waals surface area (Å²) in [5, 5.41) is 6.09. The number of carbonyl (C=O) groups is 1. The van der Waals surface area contributed by atoms with Gasteiger partial charge in [-0.15, -0.1) is 11.3 Å². The molecule has 1 saturated carbocycles. The molecule has 1 heterocycles. The summed E-state index contributed by atoms with van der Waals surface area (Å²) in [6, 6.07) is -0.844. The first-order valence-corrected chi connectivity index (χ1v) is 8.24. The molecule has 0 aromatic carbocycles. The van der Waals surface area contributed by atoms with Crippen LogP contribution in [0.25, 0.3) is 0 Å². The van der Waals surface area contributed by atoms with E-state index in [2.05, 4.69) is 15.6 Å². The van der Waals surface area contributed by atoms with E-state index >= 15 is 0 Å². The summed E-state index contributed by atoms with van der Waals surface area (Å²) in [5.74, 6) is -1.31. The number of aryl methyl sites for hydroxylation is 1. The van der Waals surface area contributed by atoms with E-state index in [1.807, 2.05) is 6.92 Å². The van der Waals surface area contributed by atoms with Gasteiger partial charge in [-0.1, -0.05) is 13.3 Å². The minimum Gasteiger partial charge on any atom is -0.335 e. The van der Waals surface area contributed by atoms with Gasteiger partial charge in [0.15, 0.2) is 0 Å². The summed E-state index contributed by atoms with van der Waals surface area (Å²) in [7, 11) is 0. The van der Waals surface area contributed by atoms with Gasteiger partial charge in [-0.25, -0.2) is 9.78 Å². The van der Waals surface area contributed by atoms with Crippen molar-refractivity contribution in [2.45, 2.75) is 57.8 Å². The van der Waals surface area contributed by atoms with E-state index in [-0.39, 0.29) is 12.8 Å². The summed E-state index contributed by atoms with van der Waals surface area (Å²) in [6.07, 6.45) is -0.303. The van der Waals surface area contributed by atoms with Crippen LogP contribution >= 0.6 is 11.3 Å². The Bertz CT molecular complexity index is 504. The minimum absolute atomic E-state index is 0.0336. The molecule has 1 fully saturated rings. The molecule has 2 unspecified atom stereocenters. The van der Waals surface area contributed by atoms with Crippen molar-refractivity contribution in [2.24, 2.45) is 5.92 Å². The summed E-state index contributed by atoms with van der Waals surface area (Å²) < 4.78 is 38.2. The first kappa shape index (κ1) is 17.1. The molecule has 2 N–H and O–H groups in total. The lowest BCUT2D eigenvalue weighted by Gasteiger charge is -2.30.